The zero-order chi connectivity index (χ0) is 22.0. The summed E-state index contributed by atoms with van der Waals surface area (Å²) in [6.07, 6.45) is 1.73. The Balaban J connectivity index is 2.67. The van der Waals surface area contributed by atoms with Crippen LogP contribution in [0.5, 0.6) is 5.75 Å². The monoisotopic (exact) mass is 417 g/mol. The van der Waals surface area contributed by atoms with Gasteiger partial charge in [-0.15, -0.1) is 10.2 Å². The summed E-state index contributed by atoms with van der Waals surface area (Å²) >= 11 is 5.86. The highest BCUT2D eigenvalue weighted by Crippen LogP contribution is 2.44. The van der Waals surface area contributed by atoms with Crippen LogP contribution in [-0.2, 0) is 10.8 Å². The maximum absolute atomic E-state index is 11.3. The van der Waals surface area contributed by atoms with E-state index in [0.717, 1.165) is 24.0 Å². The summed E-state index contributed by atoms with van der Waals surface area (Å²) in [5, 5.41) is 30.7. The number of phenolic OH excluding ortho intramolecular Hbond substituents is 1. The lowest BCUT2D eigenvalue weighted by molar-refractivity contribution is -0.384. The van der Waals surface area contributed by atoms with Gasteiger partial charge in [0.1, 0.15) is 11.4 Å². The molecule has 0 saturated carbocycles. The van der Waals surface area contributed by atoms with Crippen LogP contribution in [0, 0.1) is 10.1 Å². The van der Waals surface area contributed by atoms with Crippen molar-refractivity contribution in [3.05, 3.63) is 56.6 Å². The Morgan fingerprint density at radius 1 is 1.00 bits per heavy atom. The van der Waals surface area contributed by atoms with Gasteiger partial charge in [0.25, 0.3) is 5.69 Å². The van der Waals surface area contributed by atoms with Gasteiger partial charge in [-0.1, -0.05) is 59.2 Å². The smallest absolute Gasteiger partial charge is 0.298 e. The Labute approximate surface area is 176 Å². The molecule has 1 N–H and O–H groups in total. The summed E-state index contributed by atoms with van der Waals surface area (Å²) in [6.45, 7) is 12.6. The number of hydrogen-bond donors (Lipinski definition) is 1. The molecule has 0 aliphatic heterocycles. The van der Waals surface area contributed by atoms with Crippen molar-refractivity contribution in [2.45, 2.75) is 65.2 Å². The molecular weight excluding hydrogens is 390 g/mol. The standard InChI is InChI=1S/C22H28ClN3O3/c1-7-21(3,4)14-11-16(22(5,6)8-2)20(27)18(12-14)25-24-17-10-9-15(23)13-19(17)26(28)29/h9-13,27H,7-8H2,1-6H3/b25-24+. The van der Waals surface area contributed by atoms with Crippen LogP contribution in [0.25, 0.3) is 0 Å². The van der Waals surface area contributed by atoms with Crippen LogP contribution in [0.15, 0.2) is 40.6 Å². The van der Waals surface area contributed by atoms with Crippen LogP contribution in [0.2, 0.25) is 5.02 Å². The predicted octanol–water partition coefficient (Wildman–Crippen LogP) is 7.74. The quantitative estimate of drug-likeness (QED) is 0.283. The van der Waals surface area contributed by atoms with Gasteiger partial charge in [0.2, 0.25) is 0 Å². The average Bonchev–Trinajstić information content (AvgIpc) is 2.67. The van der Waals surface area contributed by atoms with Crippen molar-refractivity contribution in [2.75, 3.05) is 0 Å². The highest BCUT2D eigenvalue weighted by Gasteiger charge is 2.28. The maximum Gasteiger partial charge on any atom is 0.298 e. The van der Waals surface area contributed by atoms with E-state index >= 15 is 0 Å². The SMILES string of the molecule is CCC(C)(C)c1cc(/N=N/c2ccc(Cl)cc2[N+](=O)[O-])c(O)c(C(C)(C)CC)c1. The molecule has 0 bridgehead atoms. The molecule has 0 spiro atoms. The van der Waals surface area contributed by atoms with Gasteiger partial charge in [0.15, 0.2) is 5.69 Å². The molecule has 0 heterocycles. The number of rotatable bonds is 7. The lowest BCUT2D eigenvalue weighted by atomic mass is 9.76. The molecule has 0 aliphatic carbocycles. The van der Waals surface area contributed by atoms with Gasteiger partial charge in [0.05, 0.1) is 4.92 Å². The first kappa shape index (κ1) is 22.8. The largest absolute Gasteiger partial charge is 0.505 e. The number of benzene rings is 2. The second kappa shape index (κ2) is 8.49. The lowest BCUT2D eigenvalue weighted by Crippen LogP contribution is -2.20. The van der Waals surface area contributed by atoms with Crippen molar-refractivity contribution in [1.82, 2.24) is 0 Å². The number of phenols is 1. The molecule has 29 heavy (non-hydrogen) atoms. The Morgan fingerprint density at radius 2 is 1.59 bits per heavy atom. The van der Waals surface area contributed by atoms with E-state index in [2.05, 4.69) is 51.8 Å². The maximum atomic E-state index is 11.3. The third-order valence-electron chi connectivity index (χ3n) is 5.77. The first-order chi connectivity index (χ1) is 13.4. The number of halogens is 1. The van der Waals surface area contributed by atoms with E-state index in [4.69, 9.17) is 11.6 Å². The molecule has 0 radical (unpaired) electrons. The van der Waals surface area contributed by atoms with Gasteiger partial charge in [-0.25, -0.2) is 0 Å². The highest BCUT2D eigenvalue weighted by molar-refractivity contribution is 6.30. The average molecular weight is 418 g/mol. The van der Waals surface area contributed by atoms with Crippen LogP contribution < -0.4 is 0 Å². The first-order valence-corrected chi connectivity index (χ1v) is 10.0. The van der Waals surface area contributed by atoms with Crippen LogP contribution in [0.1, 0.15) is 65.5 Å². The van der Waals surface area contributed by atoms with E-state index < -0.39 is 4.92 Å². The van der Waals surface area contributed by atoms with E-state index in [1.165, 1.54) is 18.2 Å². The fourth-order valence-corrected chi connectivity index (χ4v) is 3.00. The van der Waals surface area contributed by atoms with Crippen molar-refractivity contribution >= 4 is 28.7 Å². The topological polar surface area (TPSA) is 88.1 Å². The minimum absolute atomic E-state index is 0.0490. The number of nitrogens with zero attached hydrogens (tertiary/aromatic N) is 3. The zero-order valence-corrected chi connectivity index (χ0v) is 18.5. The Bertz CT molecular complexity index is 953. The lowest BCUT2D eigenvalue weighted by Gasteiger charge is -2.30. The third kappa shape index (κ3) is 4.93. The van der Waals surface area contributed by atoms with Gasteiger partial charge in [-0.05, 0) is 47.4 Å². The third-order valence-corrected chi connectivity index (χ3v) is 6.00. The van der Waals surface area contributed by atoms with Crippen molar-refractivity contribution in [3.8, 4) is 5.75 Å². The first-order valence-electron chi connectivity index (χ1n) is 9.66. The molecule has 2 aromatic rings. The summed E-state index contributed by atoms with van der Waals surface area (Å²) in [6, 6.07) is 8.03. The molecule has 7 heteroatoms. The fraction of sp³-hybridized carbons (Fsp3) is 0.455. The summed E-state index contributed by atoms with van der Waals surface area (Å²) < 4.78 is 0. The Hall–Kier alpha value is -2.47. The van der Waals surface area contributed by atoms with E-state index in [1.807, 2.05) is 6.07 Å². The van der Waals surface area contributed by atoms with Crippen LogP contribution in [0.4, 0.5) is 17.1 Å². The van der Waals surface area contributed by atoms with Crippen molar-refractivity contribution in [1.29, 1.82) is 0 Å². The zero-order valence-electron chi connectivity index (χ0n) is 17.8. The second-order valence-corrected chi connectivity index (χ2v) is 8.89. The number of azo groups is 1. The minimum Gasteiger partial charge on any atom is -0.505 e. The Kier molecular flexibility index (Phi) is 6.68. The van der Waals surface area contributed by atoms with Crippen molar-refractivity contribution < 1.29 is 10.0 Å². The van der Waals surface area contributed by atoms with E-state index in [1.54, 1.807) is 6.07 Å². The van der Waals surface area contributed by atoms with Crippen LogP contribution >= 0.6 is 11.6 Å². The number of aromatic hydroxyl groups is 1. The molecular formula is C22H28ClN3O3. The summed E-state index contributed by atoms with van der Waals surface area (Å²) in [5.41, 5.74) is 1.58. The molecule has 2 aromatic carbocycles. The summed E-state index contributed by atoms with van der Waals surface area (Å²) in [4.78, 5) is 10.7. The molecule has 6 nitrogen and oxygen atoms in total. The molecule has 156 valence electrons. The van der Waals surface area contributed by atoms with Crippen LogP contribution in [0.3, 0.4) is 0 Å². The number of nitro benzene ring substituents is 1. The van der Waals surface area contributed by atoms with E-state index in [9.17, 15) is 15.2 Å². The van der Waals surface area contributed by atoms with Gasteiger partial charge >= 0.3 is 0 Å². The fourth-order valence-electron chi connectivity index (χ4n) is 2.83. The minimum atomic E-state index is -0.553. The van der Waals surface area contributed by atoms with E-state index in [0.29, 0.717) is 5.69 Å². The normalized spacial score (nSPS) is 12.5. The molecule has 0 fully saturated rings. The van der Waals surface area contributed by atoms with Gasteiger partial charge in [-0.3, -0.25) is 10.1 Å². The number of nitro groups is 1. The summed E-state index contributed by atoms with van der Waals surface area (Å²) in [5.74, 6) is 0.0490. The molecule has 0 aliphatic rings. The summed E-state index contributed by atoms with van der Waals surface area (Å²) in [7, 11) is 0. The Morgan fingerprint density at radius 3 is 2.14 bits per heavy atom. The van der Waals surface area contributed by atoms with Crippen molar-refractivity contribution in [3.63, 3.8) is 0 Å². The molecule has 0 unspecified atom stereocenters. The second-order valence-electron chi connectivity index (χ2n) is 8.46. The predicted molar refractivity (Wildman–Crippen MR) is 117 cm³/mol. The van der Waals surface area contributed by atoms with Gasteiger partial charge in [0, 0.05) is 16.7 Å². The molecule has 0 aromatic heterocycles. The van der Waals surface area contributed by atoms with Gasteiger partial charge < -0.3 is 5.11 Å². The van der Waals surface area contributed by atoms with Crippen LogP contribution in [-0.4, -0.2) is 10.0 Å². The molecule has 0 saturated heterocycles. The number of hydrogen-bond acceptors (Lipinski definition) is 5. The molecule has 0 amide bonds. The van der Waals surface area contributed by atoms with Gasteiger partial charge in [-0.2, -0.15) is 0 Å². The molecule has 2 rings (SSSR count). The molecule has 0 atom stereocenters. The van der Waals surface area contributed by atoms with E-state index in [-0.39, 0.29) is 33.0 Å². The van der Waals surface area contributed by atoms with Crippen molar-refractivity contribution in [2.24, 2.45) is 10.2 Å². The highest BCUT2D eigenvalue weighted by atomic mass is 35.5.